The Kier molecular flexibility index (Phi) is 3.86. The molecule has 0 saturated carbocycles. The molecule has 0 aliphatic carbocycles. The first-order chi connectivity index (χ1) is 7.67. The zero-order chi connectivity index (χ0) is 12.1. The van der Waals surface area contributed by atoms with E-state index in [0.717, 1.165) is 0 Å². The van der Waals surface area contributed by atoms with Gasteiger partial charge in [0.15, 0.2) is 0 Å². The number of hydrogen-bond acceptors (Lipinski definition) is 5. The van der Waals surface area contributed by atoms with Crippen molar-refractivity contribution in [1.29, 1.82) is 5.26 Å². The monoisotopic (exact) mass is 220 g/mol. The molecule has 0 aliphatic heterocycles. The van der Waals surface area contributed by atoms with Gasteiger partial charge in [-0.1, -0.05) is 0 Å². The SMILES string of the molecule is COC(=O)c1cc(C#N)cc(CN)c1OC. The highest BCUT2D eigenvalue weighted by Gasteiger charge is 2.17. The highest BCUT2D eigenvalue weighted by molar-refractivity contribution is 5.93. The van der Waals surface area contributed by atoms with Crippen LogP contribution in [-0.2, 0) is 11.3 Å². The third-order valence-electron chi connectivity index (χ3n) is 2.12. The van der Waals surface area contributed by atoms with E-state index in [2.05, 4.69) is 4.74 Å². The zero-order valence-electron chi connectivity index (χ0n) is 9.11. The van der Waals surface area contributed by atoms with Crippen molar-refractivity contribution in [3.63, 3.8) is 0 Å². The molecule has 1 aromatic rings. The number of nitrogens with two attached hydrogens (primary N) is 1. The van der Waals surface area contributed by atoms with Crippen LogP contribution in [0.4, 0.5) is 0 Å². The summed E-state index contributed by atoms with van der Waals surface area (Å²) >= 11 is 0. The number of carbonyl (C=O) groups excluding carboxylic acids is 1. The van der Waals surface area contributed by atoms with E-state index >= 15 is 0 Å². The van der Waals surface area contributed by atoms with Gasteiger partial charge in [-0.15, -0.1) is 0 Å². The molecule has 0 fully saturated rings. The minimum Gasteiger partial charge on any atom is -0.496 e. The zero-order valence-corrected chi connectivity index (χ0v) is 9.11. The van der Waals surface area contributed by atoms with Crippen molar-refractivity contribution in [1.82, 2.24) is 0 Å². The minimum atomic E-state index is -0.552. The third-order valence-corrected chi connectivity index (χ3v) is 2.12. The van der Waals surface area contributed by atoms with E-state index in [4.69, 9.17) is 15.7 Å². The lowest BCUT2D eigenvalue weighted by Gasteiger charge is -2.11. The number of esters is 1. The smallest absolute Gasteiger partial charge is 0.341 e. The van der Waals surface area contributed by atoms with Crippen LogP contribution in [0.5, 0.6) is 5.75 Å². The summed E-state index contributed by atoms with van der Waals surface area (Å²) < 4.78 is 9.71. The normalized spacial score (nSPS) is 9.38. The second-order valence-corrected chi connectivity index (χ2v) is 3.02. The summed E-state index contributed by atoms with van der Waals surface area (Å²) in [6, 6.07) is 4.96. The van der Waals surface area contributed by atoms with E-state index in [0.29, 0.717) is 16.9 Å². The van der Waals surface area contributed by atoms with Gasteiger partial charge in [0.1, 0.15) is 11.3 Å². The summed E-state index contributed by atoms with van der Waals surface area (Å²) in [6.07, 6.45) is 0. The van der Waals surface area contributed by atoms with Gasteiger partial charge in [-0.3, -0.25) is 0 Å². The van der Waals surface area contributed by atoms with Crippen molar-refractivity contribution < 1.29 is 14.3 Å². The van der Waals surface area contributed by atoms with Crippen LogP contribution in [0.25, 0.3) is 0 Å². The molecule has 0 radical (unpaired) electrons. The van der Waals surface area contributed by atoms with Crippen LogP contribution in [0, 0.1) is 11.3 Å². The van der Waals surface area contributed by atoms with Crippen molar-refractivity contribution in [3.8, 4) is 11.8 Å². The number of nitriles is 1. The molecule has 0 amide bonds. The number of methoxy groups -OCH3 is 2. The van der Waals surface area contributed by atoms with Crippen LogP contribution in [0.3, 0.4) is 0 Å². The quantitative estimate of drug-likeness (QED) is 0.762. The maximum absolute atomic E-state index is 11.5. The second kappa shape index (κ2) is 5.14. The van der Waals surface area contributed by atoms with Crippen LogP contribution in [0.1, 0.15) is 21.5 Å². The molecule has 0 bridgehead atoms. The molecule has 0 atom stereocenters. The van der Waals surface area contributed by atoms with Crippen molar-refractivity contribution in [2.24, 2.45) is 5.73 Å². The van der Waals surface area contributed by atoms with Gasteiger partial charge < -0.3 is 15.2 Å². The van der Waals surface area contributed by atoms with Gasteiger partial charge in [-0.2, -0.15) is 5.26 Å². The second-order valence-electron chi connectivity index (χ2n) is 3.02. The van der Waals surface area contributed by atoms with Crippen LogP contribution >= 0.6 is 0 Å². The molecule has 2 N–H and O–H groups in total. The van der Waals surface area contributed by atoms with E-state index < -0.39 is 5.97 Å². The van der Waals surface area contributed by atoms with E-state index in [1.807, 2.05) is 6.07 Å². The topological polar surface area (TPSA) is 85.3 Å². The Bertz CT molecular complexity index is 449. The van der Waals surface area contributed by atoms with E-state index in [-0.39, 0.29) is 12.1 Å². The van der Waals surface area contributed by atoms with E-state index in [9.17, 15) is 4.79 Å². The molecule has 5 nitrogen and oxygen atoms in total. The molecule has 0 aliphatic rings. The maximum atomic E-state index is 11.5. The van der Waals surface area contributed by atoms with Gasteiger partial charge >= 0.3 is 5.97 Å². The molecule has 16 heavy (non-hydrogen) atoms. The fourth-order valence-corrected chi connectivity index (χ4v) is 1.41. The number of rotatable bonds is 3. The van der Waals surface area contributed by atoms with Crippen LogP contribution in [0.2, 0.25) is 0 Å². The minimum absolute atomic E-state index is 0.183. The van der Waals surface area contributed by atoms with Crippen molar-refractivity contribution in [3.05, 3.63) is 28.8 Å². The summed E-state index contributed by atoms with van der Waals surface area (Å²) in [5.41, 5.74) is 6.68. The summed E-state index contributed by atoms with van der Waals surface area (Å²) in [5, 5.41) is 8.82. The van der Waals surface area contributed by atoms with Gasteiger partial charge in [0.25, 0.3) is 0 Å². The number of hydrogen-bond donors (Lipinski definition) is 1. The lowest BCUT2D eigenvalue weighted by atomic mass is 10.0. The summed E-state index contributed by atoms with van der Waals surface area (Å²) in [7, 11) is 2.70. The first-order valence-corrected chi connectivity index (χ1v) is 4.57. The largest absolute Gasteiger partial charge is 0.496 e. The molecule has 0 spiro atoms. The number of benzene rings is 1. The van der Waals surface area contributed by atoms with Gasteiger partial charge in [0.05, 0.1) is 25.9 Å². The lowest BCUT2D eigenvalue weighted by molar-refractivity contribution is 0.0597. The molecule has 0 aromatic heterocycles. The predicted molar refractivity (Wildman–Crippen MR) is 56.9 cm³/mol. The van der Waals surface area contributed by atoms with Crippen LogP contribution in [-0.4, -0.2) is 20.2 Å². The highest BCUT2D eigenvalue weighted by atomic mass is 16.5. The average Bonchev–Trinajstić information content (AvgIpc) is 2.35. The average molecular weight is 220 g/mol. The first kappa shape index (κ1) is 12.0. The van der Waals surface area contributed by atoms with E-state index in [1.54, 1.807) is 6.07 Å². The van der Waals surface area contributed by atoms with Gasteiger partial charge in [0, 0.05) is 12.1 Å². The van der Waals surface area contributed by atoms with Gasteiger partial charge in [-0.25, -0.2) is 4.79 Å². The molecule has 0 unspecified atom stereocenters. The standard InChI is InChI=1S/C11H12N2O3/c1-15-10-8(6-13)3-7(5-12)4-9(10)11(14)16-2/h3-4H,6,13H2,1-2H3. The molecular weight excluding hydrogens is 208 g/mol. The molecule has 0 heterocycles. The predicted octanol–water partition coefficient (Wildman–Crippen LogP) is 0.812. The van der Waals surface area contributed by atoms with Crippen LogP contribution in [0.15, 0.2) is 12.1 Å². The Morgan fingerprint density at radius 2 is 2.19 bits per heavy atom. The molecule has 5 heteroatoms. The van der Waals surface area contributed by atoms with Crippen molar-refractivity contribution in [2.75, 3.05) is 14.2 Å². The Morgan fingerprint density at radius 3 is 2.62 bits per heavy atom. The van der Waals surface area contributed by atoms with Crippen molar-refractivity contribution in [2.45, 2.75) is 6.54 Å². The molecule has 1 rings (SSSR count). The van der Waals surface area contributed by atoms with Gasteiger partial charge in [-0.05, 0) is 12.1 Å². The molecule has 84 valence electrons. The Hall–Kier alpha value is -2.06. The summed E-state index contributed by atoms with van der Waals surface area (Å²) in [5.74, 6) is -0.197. The highest BCUT2D eigenvalue weighted by Crippen LogP contribution is 2.26. The maximum Gasteiger partial charge on any atom is 0.341 e. The molecule has 0 saturated heterocycles. The summed E-state index contributed by atoms with van der Waals surface area (Å²) in [4.78, 5) is 11.5. The fraction of sp³-hybridized carbons (Fsp3) is 0.273. The number of nitrogens with zero attached hydrogens (tertiary/aromatic N) is 1. The van der Waals surface area contributed by atoms with E-state index in [1.165, 1.54) is 20.3 Å². The van der Waals surface area contributed by atoms with Crippen LogP contribution < -0.4 is 10.5 Å². The van der Waals surface area contributed by atoms with Crippen molar-refractivity contribution >= 4 is 5.97 Å². The third kappa shape index (κ3) is 2.12. The number of ether oxygens (including phenoxy) is 2. The number of carbonyl (C=O) groups is 1. The Labute approximate surface area is 93.4 Å². The fourth-order valence-electron chi connectivity index (χ4n) is 1.41. The van der Waals surface area contributed by atoms with Gasteiger partial charge in [0.2, 0.25) is 0 Å². The Morgan fingerprint density at radius 1 is 1.50 bits per heavy atom. The molecular formula is C11H12N2O3. The summed E-state index contributed by atoms with van der Waals surface area (Å²) in [6.45, 7) is 0.183. The Balaban J connectivity index is 3.44. The molecule has 1 aromatic carbocycles. The lowest BCUT2D eigenvalue weighted by Crippen LogP contribution is -2.09. The first-order valence-electron chi connectivity index (χ1n) is 4.57.